The molecular weight excluding hydrogens is 308 g/mol. The van der Waals surface area contributed by atoms with E-state index in [4.69, 9.17) is 9.47 Å². The third kappa shape index (κ3) is 4.13. The fraction of sp³-hybridized carbons (Fsp3) is 0.353. The number of carbonyl (C=O) groups excluding carboxylic acids is 1. The van der Waals surface area contributed by atoms with Gasteiger partial charge in [-0.2, -0.15) is 10.2 Å². The van der Waals surface area contributed by atoms with E-state index in [0.29, 0.717) is 17.1 Å². The van der Waals surface area contributed by atoms with E-state index in [0.717, 1.165) is 5.69 Å². The lowest BCUT2D eigenvalue weighted by atomic mass is 9.92. The maximum Gasteiger partial charge on any atom is 0.291 e. The number of hydrogen-bond donors (Lipinski definition) is 2. The summed E-state index contributed by atoms with van der Waals surface area (Å²) in [5.41, 5.74) is 4.20. The van der Waals surface area contributed by atoms with Crippen molar-refractivity contribution in [2.24, 2.45) is 5.10 Å². The summed E-state index contributed by atoms with van der Waals surface area (Å²) >= 11 is 0. The number of rotatable bonds is 5. The molecule has 0 fully saturated rings. The SMILES string of the molecule is COc1ccc(OC)c(/C=N\NC(=O)c2cc(C(C)(C)C)[nH]n2)c1. The van der Waals surface area contributed by atoms with Crippen molar-refractivity contribution in [1.29, 1.82) is 0 Å². The summed E-state index contributed by atoms with van der Waals surface area (Å²) in [6, 6.07) is 7.04. The van der Waals surface area contributed by atoms with Crippen LogP contribution in [-0.2, 0) is 5.41 Å². The standard InChI is InChI=1S/C17H22N4O3/c1-17(2,3)15-9-13(19-20-15)16(22)21-18-10-11-8-12(23-4)6-7-14(11)24-5/h6-10H,1-5H3,(H,19,20)(H,21,22)/b18-10-. The number of ether oxygens (including phenoxy) is 2. The van der Waals surface area contributed by atoms with Gasteiger partial charge in [0.15, 0.2) is 5.69 Å². The molecule has 7 heteroatoms. The Morgan fingerprint density at radius 1 is 1.25 bits per heavy atom. The number of aromatic nitrogens is 2. The van der Waals surface area contributed by atoms with Crippen molar-refractivity contribution < 1.29 is 14.3 Å². The lowest BCUT2D eigenvalue weighted by Gasteiger charge is -2.14. The molecule has 2 aromatic rings. The Balaban J connectivity index is 2.08. The molecule has 0 bridgehead atoms. The van der Waals surface area contributed by atoms with E-state index in [-0.39, 0.29) is 17.0 Å². The van der Waals surface area contributed by atoms with E-state index < -0.39 is 0 Å². The number of hydrazone groups is 1. The first-order chi connectivity index (χ1) is 11.3. The van der Waals surface area contributed by atoms with Crippen LogP contribution in [0.4, 0.5) is 0 Å². The van der Waals surface area contributed by atoms with E-state index in [9.17, 15) is 4.79 Å². The number of hydrogen-bond acceptors (Lipinski definition) is 5. The third-order valence-corrected chi connectivity index (χ3v) is 3.43. The molecule has 0 radical (unpaired) electrons. The molecule has 24 heavy (non-hydrogen) atoms. The van der Waals surface area contributed by atoms with Crippen LogP contribution in [0.15, 0.2) is 29.4 Å². The average Bonchev–Trinajstić information content (AvgIpc) is 3.05. The number of nitrogens with one attached hydrogen (secondary N) is 2. The topological polar surface area (TPSA) is 88.6 Å². The maximum absolute atomic E-state index is 12.1. The lowest BCUT2D eigenvalue weighted by Crippen LogP contribution is -2.18. The minimum absolute atomic E-state index is 0.108. The van der Waals surface area contributed by atoms with E-state index in [1.807, 2.05) is 20.8 Å². The second-order valence-corrected chi connectivity index (χ2v) is 6.22. The van der Waals surface area contributed by atoms with Gasteiger partial charge in [0, 0.05) is 16.7 Å². The monoisotopic (exact) mass is 330 g/mol. The Kier molecular flexibility index (Phi) is 5.23. The highest BCUT2D eigenvalue weighted by molar-refractivity contribution is 5.93. The Morgan fingerprint density at radius 3 is 2.58 bits per heavy atom. The van der Waals surface area contributed by atoms with Gasteiger partial charge >= 0.3 is 0 Å². The van der Waals surface area contributed by atoms with Crippen molar-refractivity contribution >= 4 is 12.1 Å². The predicted molar refractivity (Wildman–Crippen MR) is 91.9 cm³/mol. The molecule has 0 spiro atoms. The summed E-state index contributed by atoms with van der Waals surface area (Å²) < 4.78 is 10.4. The first-order valence-electron chi connectivity index (χ1n) is 7.46. The van der Waals surface area contributed by atoms with Crippen LogP contribution in [0.25, 0.3) is 0 Å². The number of H-pyrrole nitrogens is 1. The van der Waals surface area contributed by atoms with Gasteiger partial charge < -0.3 is 9.47 Å². The zero-order valence-electron chi connectivity index (χ0n) is 14.5. The molecular formula is C17H22N4O3. The molecule has 128 valence electrons. The molecule has 0 unspecified atom stereocenters. The van der Waals surface area contributed by atoms with Crippen LogP contribution in [0.1, 0.15) is 42.5 Å². The molecule has 7 nitrogen and oxygen atoms in total. The Bertz CT molecular complexity index is 745. The zero-order chi connectivity index (χ0) is 17.7. The van der Waals surface area contributed by atoms with Gasteiger partial charge in [0.05, 0.1) is 20.4 Å². The summed E-state index contributed by atoms with van der Waals surface area (Å²) in [4.78, 5) is 12.1. The molecule has 1 amide bonds. The minimum atomic E-state index is -0.389. The third-order valence-electron chi connectivity index (χ3n) is 3.43. The highest BCUT2D eigenvalue weighted by Gasteiger charge is 2.19. The molecule has 0 saturated carbocycles. The minimum Gasteiger partial charge on any atom is -0.497 e. The van der Waals surface area contributed by atoms with Gasteiger partial charge in [-0.15, -0.1) is 0 Å². The summed E-state index contributed by atoms with van der Waals surface area (Å²) in [5.74, 6) is 0.911. The van der Waals surface area contributed by atoms with Crippen molar-refractivity contribution in [2.75, 3.05) is 14.2 Å². The summed E-state index contributed by atoms with van der Waals surface area (Å²) in [7, 11) is 3.14. The first kappa shape index (κ1) is 17.5. The van der Waals surface area contributed by atoms with Crippen LogP contribution in [0.5, 0.6) is 11.5 Å². The molecule has 0 aliphatic rings. The summed E-state index contributed by atoms with van der Waals surface area (Å²) in [6.07, 6.45) is 1.50. The van der Waals surface area contributed by atoms with Crippen molar-refractivity contribution in [1.82, 2.24) is 15.6 Å². The number of benzene rings is 1. The van der Waals surface area contributed by atoms with Crippen molar-refractivity contribution in [3.05, 3.63) is 41.2 Å². The summed E-state index contributed by atoms with van der Waals surface area (Å²) in [6.45, 7) is 6.11. The molecule has 1 heterocycles. The van der Waals surface area contributed by atoms with Gasteiger partial charge in [-0.05, 0) is 24.3 Å². The van der Waals surface area contributed by atoms with Crippen molar-refractivity contribution in [3.63, 3.8) is 0 Å². The molecule has 1 aromatic heterocycles. The van der Waals surface area contributed by atoms with Crippen LogP contribution >= 0.6 is 0 Å². The van der Waals surface area contributed by atoms with Crippen molar-refractivity contribution in [2.45, 2.75) is 26.2 Å². The van der Waals surface area contributed by atoms with Gasteiger partial charge in [-0.1, -0.05) is 20.8 Å². The fourth-order valence-corrected chi connectivity index (χ4v) is 1.98. The summed E-state index contributed by atoms with van der Waals surface area (Å²) in [5, 5.41) is 10.8. The predicted octanol–water partition coefficient (Wildman–Crippen LogP) is 2.49. The Hall–Kier alpha value is -2.83. The fourth-order valence-electron chi connectivity index (χ4n) is 1.98. The largest absolute Gasteiger partial charge is 0.497 e. The zero-order valence-corrected chi connectivity index (χ0v) is 14.5. The molecule has 2 N–H and O–H groups in total. The number of nitrogens with zero attached hydrogens (tertiary/aromatic N) is 2. The molecule has 1 aromatic carbocycles. The van der Waals surface area contributed by atoms with E-state index in [2.05, 4.69) is 20.7 Å². The van der Waals surface area contributed by atoms with Gasteiger partial charge in [0.25, 0.3) is 5.91 Å². The van der Waals surface area contributed by atoms with Crippen LogP contribution in [0.2, 0.25) is 0 Å². The second kappa shape index (κ2) is 7.16. The highest BCUT2D eigenvalue weighted by Crippen LogP contribution is 2.22. The lowest BCUT2D eigenvalue weighted by molar-refractivity contribution is 0.0950. The number of carbonyl (C=O) groups is 1. The van der Waals surface area contributed by atoms with Gasteiger partial charge in [0.1, 0.15) is 11.5 Å². The van der Waals surface area contributed by atoms with Gasteiger partial charge in [0.2, 0.25) is 0 Å². The highest BCUT2D eigenvalue weighted by atomic mass is 16.5. The Labute approximate surface area is 141 Å². The van der Waals surface area contributed by atoms with Crippen molar-refractivity contribution in [3.8, 4) is 11.5 Å². The maximum atomic E-state index is 12.1. The number of amides is 1. The van der Waals surface area contributed by atoms with Crippen LogP contribution < -0.4 is 14.9 Å². The van der Waals surface area contributed by atoms with Crippen LogP contribution in [0.3, 0.4) is 0 Å². The van der Waals surface area contributed by atoms with E-state index in [1.54, 1.807) is 38.5 Å². The first-order valence-corrected chi connectivity index (χ1v) is 7.46. The average molecular weight is 330 g/mol. The molecule has 0 aliphatic carbocycles. The van der Waals surface area contributed by atoms with Gasteiger partial charge in [-0.3, -0.25) is 9.89 Å². The van der Waals surface area contributed by atoms with E-state index in [1.165, 1.54) is 6.21 Å². The molecule has 0 atom stereocenters. The Morgan fingerprint density at radius 2 is 2.00 bits per heavy atom. The normalized spacial score (nSPS) is 11.5. The van der Waals surface area contributed by atoms with E-state index >= 15 is 0 Å². The molecule has 0 saturated heterocycles. The quantitative estimate of drug-likeness (QED) is 0.651. The van der Waals surface area contributed by atoms with Crippen LogP contribution in [-0.4, -0.2) is 36.5 Å². The second-order valence-electron chi connectivity index (χ2n) is 6.22. The number of methoxy groups -OCH3 is 2. The van der Waals surface area contributed by atoms with Crippen LogP contribution in [0, 0.1) is 0 Å². The smallest absolute Gasteiger partial charge is 0.291 e. The number of aromatic amines is 1. The molecule has 0 aliphatic heterocycles. The molecule has 2 rings (SSSR count). The van der Waals surface area contributed by atoms with Gasteiger partial charge in [-0.25, -0.2) is 5.43 Å².